The number of nitrogens with two attached hydrogens (primary N) is 1. The molecule has 2 atom stereocenters. The van der Waals surface area contributed by atoms with Crippen molar-refractivity contribution >= 4 is 23.2 Å². The van der Waals surface area contributed by atoms with Crippen molar-refractivity contribution in [3.05, 3.63) is 24.3 Å². The fourth-order valence-corrected chi connectivity index (χ4v) is 3.12. The summed E-state index contributed by atoms with van der Waals surface area (Å²) >= 11 is 0. The molecule has 0 bridgehead atoms. The van der Waals surface area contributed by atoms with Crippen LogP contribution in [0.4, 0.5) is 11.4 Å². The van der Waals surface area contributed by atoms with Gasteiger partial charge in [-0.25, -0.2) is 0 Å². The molecule has 1 aromatic carbocycles. The maximum absolute atomic E-state index is 12.3. The van der Waals surface area contributed by atoms with Crippen molar-refractivity contribution in [1.82, 2.24) is 0 Å². The van der Waals surface area contributed by atoms with Crippen LogP contribution in [-0.2, 0) is 9.59 Å². The van der Waals surface area contributed by atoms with Crippen LogP contribution < -0.4 is 16.4 Å². The molecule has 1 aromatic rings. The monoisotopic (exact) mass is 317 g/mol. The standard InChI is InChI=1S/C18H27N3O2/c1-12(2)10-17(22)20-14-6-8-15(9-7-14)21-18(23)16-5-3-4-13(16)11-19/h6-9,12-13,16H,3-5,10-11,19H2,1-2H3,(H,20,22)(H,21,23)/t13-,16-/m1/s1. The van der Waals surface area contributed by atoms with E-state index < -0.39 is 0 Å². The van der Waals surface area contributed by atoms with Gasteiger partial charge in [0.05, 0.1) is 0 Å². The Morgan fingerprint density at radius 2 is 1.74 bits per heavy atom. The zero-order valence-electron chi connectivity index (χ0n) is 14.0. The predicted octanol–water partition coefficient (Wildman–Crippen LogP) is 2.98. The highest BCUT2D eigenvalue weighted by atomic mass is 16.2. The minimum atomic E-state index is 0.00790. The lowest BCUT2D eigenvalue weighted by atomic mass is 9.95. The van der Waals surface area contributed by atoms with Gasteiger partial charge >= 0.3 is 0 Å². The van der Waals surface area contributed by atoms with Crippen LogP contribution in [0.1, 0.15) is 39.5 Å². The van der Waals surface area contributed by atoms with E-state index in [1.807, 2.05) is 38.1 Å². The number of rotatable bonds is 6. The van der Waals surface area contributed by atoms with Crippen molar-refractivity contribution in [2.24, 2.45) is 23.5 Å². The molecule has 0 heterocycles. The SMILES string of the molecule is CC(C)CC(=O)Nc1ccc(NC(=O)[C@@H]2CCC[C@@H]2CN)cc1. The topological polar surface area (TPSA) is 84.2 Å². The number of carbonyl (C=O) groups is 2. The Morgan fingerprint density at radius 3 is 2.30 bits per heavy atom. The van der Waals surface area contributed by atoms with Crippen LogP contribution in [0.5, 0.6) is 0 Å². The first-order chi connectivity index (χ1) is 11.0. The molecule has 0 unspecified atom stereocenters. The Balaban J connectivity index is 1.89. The fraction of sp³-hybridized carbons (Fsp3) is 0.556. The third kappa shape index (κ3) is 5.06. The van der Waals surface area contributed by atoms with Gasteiger partial charge in [0.25, 0.3) is 0 Å². The molecule has 23 heavy (non-hydrogen) atoms. The average molecular weight is 317 g/mol. The van der Waals surface area contributed by atoms with Crippen LogP contribution in [0.25, 0.3) is 0 Å². The van der Waals surface area contributed by atoms with Crippen molar-refractivity contribution in [1.29, 1.82) is 0 Å². The van der Waals surface area contributed by atoms with E-state index in [9.17, 15) is 9.59 Å². The Morgan fingerprint density at radius 1 is 1.13 bits per heavy atom. The first kappa shape index (κ1) is 17.5. The van der Waals surface area contributed by atoms with E-state index in [2.05, 4.69) is 10.6 Å². The van der Waals surface area contributed by atoms with Crippen LogP contribution >= 0.6 is 0 Å². The maximum atomic E-state index is 12.3. The Labute approximate surface area is 138 Å². The van der Waals surface area contributed by atoms with Gasteiger partial charge in [-0.3, -0.25) is 9.59 Å². The molecule has 0 saturated heterocycles. The molecule has 1 saturated carbocycles. The number of nitrogens with one attached hydrogen (secondary N) is 2. The molecule has 2 amide bonds. The van der Waals surface area contributed by atoms with Crippen LogP contribution in [0.3, 0.4) is 0 Å². The van der Waals surface area contributed by atoms with Gasteiger partial charge < -0.3 is 16.4 Å². The van der Waals surface area contributed by atoms with Gasteiger partial charge in [0.1, 0.15) is 0 Å². The largest absolute Gasteiger partial charge is 0.330 e. The highest BCUT2D eigenvalue weighted by Crippen LogP contribution is 2.31. The molecule has 0 aromatic heterocycles. The average Bonchev–Trinajstić information content (AvgIpc) is 2.97. The number of hydrogen-bond donors (Lipinski definition) is 3. The highest BCUT2D eigenvalue weighted by Gasteiger charge is 2.31. The number of carbonyl (C=O) groups excluding carboxylic acids is 2. The summed E-state index contributed by atoms with van der Waals surface area (Å²) in [5.41, 5.74) is 7.23. The highest BCUT2D eigenvalue weighted by molar-refractivity contribution is 5.94. The van der Waals surface area contributed by atoms with Gasteiger partial charge in [-0.2, -0.15) is 0 Å². The van der Waals surface area contributed by atoms with Crippen LogP contribution in [-0.4, -0.2) is 18.4 Å². The van der Waals surface area contributed by atoms with Crippen LogP contribution in [0, 0.1) is 17.8 Å². The molecule has 1 fully saturated rings. The fourth-order valence-electron chi connectivity index (χ4n) is 3.12. The zero-order chi connectivity index (χ0) is 16.8. The molecule has 1 aliphatic rings. The molecule has 0 radical (unpaired) electrons. The van der Waals surface area contributed by atoms with Crippen molar-refractivity contribution in [3.8, 4) is 0 Å². The van der Waals surface area contributed by atoms with Gasteiger partial charge in [0, 0.05) is 23.7 Å². The molecule has 0 aliphatic heterocycles. The Bertz CT molecular complexity index is 540. The lowest BCUT2D eigenvalue weighted by molar-refractivity contribution is -0.120. The summed E-state index contributed by atoms with van der Waals surface area (Å²) in [7, 11) is 0. The summed E-state index contributed by atoms with van der Waals surface area (Å²) in [5, 5.41) is 5.81. The molecule has 5 nitrogen and oxygen atoms in total. The van der Waals surface area contributed by atoms with Gasteiger partial charge in [-0.05, 0) is 55.5 Å². The van der Waals surface area contributed by atoms with Crippen molar-refractivity contribution < 1.29 is 9.59 Å². The number of hydrogen-bond acceptors (Lipinski definition) is 3. The quantitative estimate of drug-likeness (QED) is 0.754. The molecule has 126 valence electrons. The molecule has 1 aliphatic carbocycles. The summed E-state index contributed by atoms with van der Waals surface area (Å²) < 4.78 is 0. The summed E-state index contributed by atoms with van der Waals surface area (Å²) in [6, 6.07) is 7.25. The minimum absolute atomic E-state index is 0.00790. The van der Waals surface area contributed by atoms with E-state index in [0.29, 0.717) is 24.8 Å². The second-order valence-electron chi connectivity index (χ2n) is 6.75. The van der Waals surface area contributed by atoms with E-state index in [1.54, 1.807) is 0 Å². The number of amides is 2. The first-order valence-corrected chi connectivity index (χ1v) is 8.40. The summed E-state index contributed by atoms with van der Waals surface area (Å²) in [6.07, 6.45) is 3.52. The lowest BCUT2D eigenvalue weighted by Crippen LogP contribution is -2.29. The Hall–Kier alpha value is -1.88. The van der Waals surface area contributed by atoms with Crippen molar-refractivity contribution in [2.75, 3.05) is 17.2 Å². The normalized spacial score (nSPS) is 20.5. The number of anilines is 2. The maximum Gasteiger partial charge on any atom is 0.227 e. The lowest BCUT2D eigenvalue weighted by Gasteiger charge is -2.17. The van der Waals surface area contributed by atoms with Crippen molar-refractivity contribution in [3.63, 3.8) is 0 Å². The molecule has 4 N–H and O–H groups in total. The minimum Gasteiger partial charge on any atom is -0.330 e. The number of benzene rings is 1. The van der Waals surface area contributed by atoms with E-state index in [1.165, 1.54) is 0 Å². The van der Waals surface area contributed by atoms with Gasteiger partial charge in [0.2, 0.25) is 11.8 Å². The predicted molar refractivity (Wildman–Crippen MR) is 93.0 cm³/mol. The van der Waals surface area contributed by atoms with Gasteiger partial charge in [-0.1, -0.05) is 20.3 Å². The molecule has 2 rings (SSSR count). The van der Waals surface area contributed by atoms with Crippen molar-refractivity contribution in [2.45, 2.75) is 39.5 Å². The van der Waals surface area contributed by atoms with Gasteiger partial charge in [0.15, 0.2) is 0 Å². The van der Waals surface area contributed by atoms with E-state index in [-0.39, 0.29) is 17.7 Å². The second kappa shape index (κ2) is 8.11. The van der Waals surface area contributed by atoms with Crippen LogP contribution in [0.2, 0.25) is 0 Å². The van der Waals surface area contributed by atoms with E-state index in [0.717, 1.165) is 30.6 Å². The van der Waals surface area contributed by atoms with Gasteiger partial charge in [-0.15, -0.1) is 0 Å². The van der Waals surface area contributed by atoms with E-state index >= 15 is 0 Å². The third-order valence-electron chi connectivity index (χ3n) is 4.33. The Kier molecular flexibility index (Phi) is 6.16. The summed E-state index contributed by atoms with van der Waals surface area (Å²) in [6.45, 7) is 4.59. The second-order valence-corrected chi connectivity index (χ2v) is 6.75. The zero-order valence-corrected chi connectivity index (χ0v) is 14.0. The summed E-state index contributed by atoms with van der Waals surface area (Å²) in [4.78, 5) is 24.1. The smallest absolute Gasteiger partial charge is 0.227 e. The van der Waals surface area contributed by atoms with E-state index in [4.69, 9.17) is 5.73 Å². The molecule has 0 spiro atoms. The summed E-state index contributed by atoms with van der Waals surface area (Å²) in [5.74, 6) is 0.702. The third-order valence-corrected chi connectivity index (χ3v) is 4.33. The van der Waals surface area contributed by atoms with Crippen LogP contribution in [0.15, 0.2) is 24.3 Å². The molecular formula is C18H27N3O2. The first-order valence-electron chi connectivity index (χ1n) is 8.40. The molecule has 5 heteroatoms. The molecular weight excluding hydrogens is 290 g/mol.